The molecule has 0 heterocycles. The number of likely N-dealkylation sites (N-methyl/N-ethyl adjacent to an activating group) is 1. The van der Waals surface area contributed by atoms with E-state index in [2.05, 4.69) is 48.5 Å². The van der Waals surface area contributed by atoms with Crippen LogP contribution in [0.5, 0.6) is 0 Å². The van der Waals surface area contributed by atoms with Gasteiger partial charge < -0.3 is 16.0 Å². The van der Waals surface area contributed by atoms with Crippen molar-refractivity contribution < 1.29 is 4.79 Å². The van der Waals surface area contributed by atoms with Gasteiger partial charge >= 0.3 is 0 Å². The van der Waals surface area contributed by atoms with E-state index in [1.165, 1.54) is 11.3 Å². The summed E-state index contributed by atoms with van der Waals surface area (Å²) in [5.74, 6) is -0.296. The van der Waals surface area contributed by atoms with Crippen LogP contribution in [0.2, 0.25) is 0 Å². The Bertz CT molecular complexity index is 430. The highest BCUT2D eigenvalue weighted by Crippen LogP contribution is 2.17. The molecule has 1 aromatic carbocycles. The molecule has 0 aliphatic carbocycles. The number of primary amides is 1. The molecule has 1 atom stereocenters. The fourth-order valence-electron chi connectivity index (χ4n) is 2.16. The third-order valence-electron chi connectivity index (χ3n) is 4.05. The summed E-state index contributed by atoms with van der Waals surface area (Å²) in [6, 6.07) is 8.61. The molecule has 0 radical (unpaired) electrons. The lowest BCUT2D eigenvalue weighted by atomic mass is 9.95. The third-order valence-corrected chi connectivity index (χ3v) is 4.05. The Morgan fingerprint density at radius 2 is 1.95 bits per heavy atom. The quantitative estimate of drug-likeness (QED) is 0.763. The van der Waals surface area contributed by atoms with Crippen LogP contribution >= 0.6 is 0 Å². The summed E-state index contributed by atoms with van der Waals surface area (Å²) in [7, 11) is 3.85. The second-order valence-corrected chi connectivity index (χ2v) is 5.49. The molecule has 0 bridgehead atoms. The lowest BCUT2D eigenvalue weighted by molar-refractivity contribution is -0.123. The Hall–Kier alpha value is -1.55. The van der Waals surface area contributed by atoms with Crippen molar-refractivity contribution in [2.75, 3.05) is 25.5 Å². The zero-order valence-corrected chi connectivity index (χ0v) is 13.1. The highest BCUT2D eigenvalue weighted by molar-refractivity contribution is 5.84. The average molecular weight is 277 g/mol. The van der Waals surface area contributed by atoms with E-state index < -0.39 is 5.54 Å². The molecule has 0 aromatic heterocycles. The van der Waals surface area contributed by atoms with E-state index in [0.717, 1.165) is 25.8 Å². The van der Waals surface area contributed by atoms with Gasteiger partial charge in [0.05, 0.1) is 5.54 Å². The average Bonchev–Trinajstić information content (AvgIpc) is 2.46. The van der Waals surface area contributed by atoms with Gasteiger partial charge in [0, 0.05) is 19.3 Å². The van der Waals surface area contributed by atoms with Crippen LogP contribution in [0, 0.1) is 0 Å². The van der Waals surface area contributed by atoms with Crippen LogP contribution in [0.3, 0.4) is 0 Å². The fourth-order valence-corrected chi connectivity index (χ4v) is 2.16. The van der Waals surface area contributed by atoms with Crippen molar-refractivity contribution in [3.63, 3.8) is 0 Å². The Morgan fingerprint density at radius 3 is 2.40 bits per heavy atom. The number of nitrogens with zero attached hydrogens (tertiary/aromatic N) is 1. The molecule has 0 aliphatic rings. The number of carbonyl (C=O) groups excluding carboxylic acids is 1. The maximum atomic E-state index is 11.4. The van der Waals surface area contributed by atoms with Gasteiger partial charge in [-0.2, -0.15) is 0 Å². The first-order chi connectivity index (χ1) is 9.42. The monoisotopic (exact) mass is 277 g/mol. The Balaban J connectivity index is 2.50. The minimum Gasteiger partial charge on any atom is -0.375 e. The first-order valence-electron chi connectivity index (χ1n) is 7.22. The SMILES string of the molecule is CCc1ccc(N(C)CCCC(C)(NC)C(N)=O)cc1. The molecule has 0 saturated heterocycles. The third kappa shape index (κ3) is 4.23. The second-order valence-electron chi connectivity index (χ2n) is 5.49. The van der Waals surface area contributed by atoms with Gasteiger partial charge in [-0.25, -0.2) is 0 Å². The molecule has 1 unspecified atom stereocenters. The summed E-state index contributed by atoms with van der Waals surface area (Å²) in [6.45, 7) is 4.91. The Labute approximate surface area is 122 Å². The number of nitrogens with two attached hydrogens (primary N) is 1. The van der Waals surface area contributed by atoms with Gasteiger partial charge in [-0.15, -0.1) is 0 Å². The van der Waals surface area contributed by atoms with E-state index in [1.807, 2.05) is 6.92 Å². The zero-order chi connectivity index (χ0) is 15.2. The van der Waals surface area contributed by atoms with E-state index in [1.54, 1.807) is 7.05 Å². The smallest absolute Gasteiger partial charge is 0.237 e. The van der Waals surface area contributed by atoms with Crippen molar-refractivity contribution in [2.45, 2.75) is 38.6 Å². The highest BCUT2D eigenvalue weighted by atomic mass is 16.1. The van der Waals surface area contributed by atoms with E-state index in [0.29, 0.717) is 0 Å². The molecule has 20 heavy (non-hydrogen) atoms. The van der Waals surface area contributed by atoms with Crippen molar-refractivity contribution in [1.29, 1.82) is 0 Å². The molecule has 0 saturated carbocycles. The second kappa shape index (κ2) is 7.29. The summed E-state index contributed by atoms with van der Waals surface area (Å²) >= 11 is 0. The Kier molecular flexibility index (Phi) is 6.02. The Morgan fingerprint density at radius 1 is 1.35 bits per heavy atom. The van der Waals surface area contributed by atoms with Crippen molar-refractivity contribution in [3.8, 4) is 0 Å². The van der Waals surface area contributed by atoms with Crippen LogP contribution in [-0.4, -0.2) is 32.1 Å². The van der Waals surface area contributed by atoms with Crippen LogP contribution in [0.15, 0.2) is 24.3 Å². The van der Waals surface area contributed by atoms with E-state index in [9.17, 15) is 4.79 Å². The largest absolute Gasteiger partial charge is 0.375 e. The van der Waals surface area contributed by atoms with Crippen LogP contribution in [0.1, 0.15) is 32.3 Å². The maximum Gasteiger partial charge on any atom is 0.237 e. The first-order valence-corrected chi connectivity index (χ1v) is 7.22. The highest BCUT2D eigenvalue weighted by Gasteiger charge is 2.28. The van der Waals surface area contributed by atoms with Crippen LogP contribution in [-0.2, 0) is 11.2 Å². The molecule has 112 valence electrons. The van der Waals surface area contributed by atoms with Crippen LogP contribution in [0.25, 0.3) is 0 Å². The molecule has 0 spiro atoms. The van der Waals surface area contributed by atoms with Crippen molar-refractivity contribution >= 4 is 11.6 Å². The fraction of sp³-hybridized carbons (Fsp3) is 0.562. The number of amides is 1. The number of hydrogen-bond acceptors (Lipinski definition) is 3. The minimum absolute atomic E-state index is 0.296. The molecule has 1 amide bonds. The number of anilines is 1. The summed E-state index contributed by atoms with van der Waals surface area (Å²) in [5, 5.41) is 3.01. The molecule has 0 fully saturated rings. The van der Waals surface area contributed by atoms with Gasteiger partial charge in [-0.05, 0) is 50.9 Å². The zero-order valence-electron chi connectivity index (χ0n) is 13.1. The van der Waals surface area contributed by atoms with E-state index >= 15 is 0 Å². The van der Waals surface area contributed by atoms with E-state index in [-0.39, 0.29) is 5.91 Å². The van der Waals surface area contributed by atoms with Gasteiger partial charge in [0.25, 0.3) is 0 Å². The predicted octanol–water partition coefficient (Wildman–Crippen LogP) is 1.93. The number of hydrogen-bond donors (Lipinski definition) is 2. The van der Waals surface area contributed by atoms with Gasteiger partial charge in [0.2, 0.25) is 5.91 Å². The summed E-state index contributed by atoms with van der Waals surface area (Å²) in [5.41, 5.74) is 7.36. The summed E-state index contributed by atoms with van der Waals surface area (Å²) in [4.78, 5) is 13.6. The summed E-state index contributed by atoms with van der Waals surface area (Å²) < 4.78 is 0. The molecular weight excluding hydrogens is 250 g/mol. The van der Waals surface area contributed by atoms with Gasteiger partial charge in [-0.3, -0.25) is 4.79 Å². The molecule has 0 aliphatic heterocycles. The normalized spacial score (nSPS) is 13.8. The van der Waals surface area contributed by atoms with Crippen LogP contribution in [0.4, 0.5) is 5.69 Å². The number of rotatable bonds is 8. The van der Waals surface area contributed by atoms with Gasteiger partial charge in [0.15, 0.2) is 0 Å². The summed E-state index contributed by atoms with van der Waals surface area (Å²) in [6.07, 6.45) is 2.70. The lowest BCUT2D eigenvalue weighted by Crippen LogP contribution is -2.51. The van der Waals surface area contributed by atoms with Crippen molar-refractivity contribution in [1.82, 2.24) is 5.32 Å². The topological polar surface area (TPSA) is 58.4 Å². The standard InChI is InChI=1S/C16H27N3O/c1-5-13-7-9-14(10-8-13)19(4)12-6-11-16(2,18-3)15(17)20/h7-10,18H,5-6,11-12H2,1-4H3,(H2,17,20). The van der Waals surface area contributed by atoms with E-state index in [4.69, 9.17) is 5.73 Å². The molecule has 1 rings (SSSR count). The van der Waals surface area contributed by atoms with Crippen molar-refractivity contribution in [3.05, 3.63) is 29.8 Å². The molecular formula is C16H27N3O. The predicted molar refractivity (Wildman–Crippen MR) is 85.0 cm³/mol. The number of benzene rings is 1. The van der Waals surface area contributed by atoms with Gasteiger partial charge in [-0.1, -0.05) is 19.1 Å². The molecule has 1 aromatic rings. The lowest BCUT2D eigenvalue weighted by Gasteiger charge is -2.27. The number of aryl methyl sites for hydroxylation is 1. The molecule has 3 N–H and O–H groups in total. The number of carbonyl (C=O) groups is 1. The molecule has 4 heteroatoms. The minimum atomic E-state index is -0.618. The van der Waals surface area contributed by atoms with Crippen LogP contribution < -0.4 is 16.0 Å². The van der Waals surface area contributed by atoms with Gasteiger partial charge in [0.1, 0.15) is 0 Å². The number of nitrogens with one attached hydrogen (secondary N) is 1. The first kappa shape index (κ1) is 16.5. The molecule has 4 nitrogen and oxygen atoms in total. The van der Waals surface area contributed by atoms with Crippen molar-refractivity contribution in [2.24, 2.45) is 5.73 Å². The maximum absolute atomic E-state index is 11.4.